The molecular formula is C20H25N3O6S. The van der Waals surface area contributed by atoms with E-state index >= 15 is 0 Å². The van der Waals surface area contributed by atoms with E-state index in [9.17, 15) is 22.8 Å². The zero-order chi connectivity index (χ0) is 22.1. The number of nitrogens with zero attached hydrogens (tertiary/aromatic N) is 3. The molecule has 30 heavy (non-hydrogen) atoms. The predicted octanol–water partition coefficient (Wildman–Crippen LogP) is 0.997. The van der Waals surface area contributed by atoms with E-state index in [0.717, 1.165) is 0 Å². The quantitative estimate of drug-likeness (QED) is 0.622. The third-order valence-corrected chi connectivity index (χ3v) is 7.02. The van der Waals surface area contributed by atoms with Crippen LogP contribution in [0, 0.1) is 0 Å². The molecule has 1 amide bonds. The Morgan fingerprint density at radius 3 is 2.50 bits per heavy atom. The maximum absolute atomic E-state index is 12.9. The van der Waals surface area contributed by atoms with Gasteiger partial charge in [0.15, 0.2) is 21.6 Å². The molecule has 2 aromatic rings. The van der Waals surface area contributed by atoms with Crippen molar-refractivity contribution in [3.05, 3.63) is 40.3 Å². The van der Waals surface area contributed by atoms with Gasteiger partial charge in [-0.3, -0.25) is 9.59 Å². The van der Waals surface area contributed by atoms with Crippen LogP contribution in [0.2, 0.25) is 0 Å². The number of aryl methyl sites for hydroxylation is 1. The molecular weight excluding hydrogens is 410 g/mol. The number of likely N-dealkylation sites (N-methyl/N-ethyl adjacent to an activating group) is 1. The molecule has 0 unspecified atom stereocenters. The lowest BCUT2D eigenvalue weighted by Gasteiger charge is -2.29. The van der Waals surface area contributed by atoms with Crippen LogP contribution < -0.4 is 5.56 Å². The number of hydrogen-bond acceptors (Lipinski definition) is 7. The van der Waals surface area contributed by atoms with Gasteiger partial charge < -0.3 is 9.64 Å². The smallest absolute Gasteiger partial charge is 0.360 e. The predicted molar refractivity (Wildman–Crippen MR) is 111 cm³/mol. The van der Waals surface area contributed by atoms with Gasteiger partial charge >= 0.3 is 5.97 Å². The summed E-state index contributed by atoms with van der Waals surface area (Å²) in [6, 6.07) is 6.17. The Morgan fingerprint density at radius 2 is 1.93 bits per heavy atom. The van der Waals surface area contributed by atoms with Gasteiger partial charge in [-0.15, -0.1) is 0 Å². The molecule has 1 saturated heterocycles. The largest absolute Gasteiger partial charge is 0.448 e. The molecule has 1 aromatic heterocycles. The Kier molecular flexibility index (Phi) is 6.25. The number of carbonyl (C=O) groups excluding carboxylic acids is 2. The SMILES string of the molecule is CCN(C(=O)[C@@H](C)OC(=O)c1nn(CC)c(=O)c2ccccc12)[C@@H]1CCS(=O)(=O)C1. The van der Waals surface area contributed by atoms with E-state index in [1.807, 2.05) is 0 Å². The molecule has 3 rings (SSSR count). The highest BCUT2D eigenvalue weighted by Crippen LogP contribution is 2.20. The second kappa shape index (κ2) is 8.55. The van der Waals surface area contributed by atoms with E-state index < -0.39 is 33.9 Å². The third kappa shape index (κ3) is 4.23. The minimum Gasteiger partial charge on any atom is -0.448 e. The first-order chi connectivity index (χ1) is 14.2. The number of carbonyl (C=O) groups is 2. The summed E-state index contributed by atoms with van der Waals surface area (Å²) in [7, 11) is -3.16. The van der Waals surface area contributed by atoms with Gasteiger partial charge in [0.25, 0.3) is 11.5 Å². The first kappa shape index (κ1) is 21.9. The number of benzene rings is 1. The summed E-state index contributed by atoms with van der Waals surface area (Å²) < 4.78 is 30.1. The lowest BCUT2D eigenvalue weighted by Crippen LogP contribution is -2.46. The number of fused-ring (bicyclic) bond motifs is 1. The number of aromatic nitrogens is 2. The van der Waals surface area contributed by atoms with Gasteiger partial charge in [-0.05, 0) is 33.3 Å². The normalized spacial score (nSPS) is 18.8. The van der Waals surface area contributed by atoms with Gasteiger partial charge in [0.05, 0.1) is 16.9 Å². The summed E-state index contributed by atoms with van der Waals surface area (Å²) >= 11 is 0. The van der Waals surface area contributed by atoms with Crippen LogP contribution in [0.1, 0.15) is 37.7 Å². The van der Waals surface area contributed by atoms with Crippen molar-refractivity contribution in [2.45, 2.75) is 45.9 Å². The highest BCUT2D eigenvalue weighted by Gasteiger charge is 2.36. The third-order valence-electron chi connectivity index (χ3n) is 5.27. The van der Waals surface area contributed by atoms with Crippen LogP contribution in [0.25, 0.3) is 10.8 Å². The molecule has 0 saturated carbocycles. The van der Waals surface area contributed by atoms with Crippen molar-refractivity contribution < 1.29 is 22.7 Å². The van der Waals surface area contributed by atoms with Crippen molar-refractivity contribution >= 4 is 32.5 Å². The molecule has 1 aromatic carbocycles. The van der Waals surface area contributed by atoms with Crippen LogP contribution in [0.4, 0.5) is 0 Å². The van der Waals surface area contributed by atoms with Crippen LogP contribution in [0.3, 0.4) is 0 Å². The molecule has 2 atom stereocenters. The monoisotopic (exact) mass is 435 g/mol. The molecule has 1 aliphatic rings. The number of hydrogen-bond donors (Lipinski definition) is 0. The summed E-state index contributed by atoms with van der Waals surface area (Å²) in [5, 5.41) is 4.81. The van der Waals surface area contributed by atoms with Crippen LogP contribution >= 0.6 is 0 Å². The van der Waals surface area contributed by atoms with E-state index in [-0.39, 0.29) is 29.3 Å². The molecule has 2 heterocycles. The molecule has 1 fully saturated rings. The Hall–Kier alpha value is -2.75. The maximum atomic E-state index is 12.9. The Bertz CT molecular complexity index is 1140. The van der Waals surface area contributed by atoms with Crippen molar-refractivity contribution in [3.63, 3.8) is 0 Å². The fourth-order valence-corrected chi connectivity index (χ4v) is 5.45. The lowest BCUT2D eigenvalue weighted by molar-refractivity contribution is -0.141. The highest BCUT2D eigenvalue weighted by atomic mass is 32.2. The zero-order valence-electron chi connectivity index (χ0n) is 17.2. The molecule has 162 valence electrons. The summed E-state index contributed by atoms with van der Waals surface area (Å²) in [5.41, 5.74) is -0.355. The fraction of sp³-hybridized carbons (Fsp3) is 0.500. The Balaban J connectivity index is 1.84. The standard InChI is InChI=1S/C20H25N3O6S/c1-4-22(14-10-11-30(27,28)12-14)18(24)13(3)29-20(26)17-15-8-6-7-9-16(15)19(25)23(5-2)21-17/h6-9,13-14H,4-5,10-12H2,1-3H3/t13-,14-/m1/s1. The van der Waals surface area contributed by atoms with E-state index in [4.69, 9.17) is 4.74 Å². The van der Waals surface area contributed by atoms with Gasteiger partial charge in [0, 0.05) is 24.5 Å². The molecule has 0 N–H and O–H groups in total. The molecule has 9 nitrogen and oxygen atoms in total. The van der Waals surface area contributed by atoms with E-state index in [0.29, 0.717) is 23.7 Å². The molecule has 10 heteroatoms. The Morgan fingerprint density at radius 1 is 1.27 bits per heavy atom. The topological polar surface area (TPSA) is 116 Å². The van der Waals surface area contributed by atoms with Gasteiger partial charge in [0.1, 0.15) is 0 Å². The minimum atomic E-state index is -3.16. The van der Waals surface area contributed by atoms with Gasteiger partial charge in [-0.2, -0.15) is 5.10 Å². The first-order valence-corrected chi connectivity index (χ1v) is 11.7. The fourth-order valence-electron chi connectivity index (χ4n) is 3.72. The number of amides is 1. The van der Waals surface area contributed by atoms with Crippen LogP contribution in [-0.4, -0.2) is 65.2 Å². The first-order valence-electron chi connectivity index (χ1n) is 9.90. The number of sulfone groups is 1. The average molecular weight is 436 g/mol. The number of esters is 1. The van der Waals surface area contributed by atoms with Crippen molar-refractivity contribution in [2.24, 2.45) is 0 Å². The van der Waals surface area contributed by atoms with Crippen LogP contribution in [0.5, 0.6) is 0 Å². The summed E-state index contributed by atoms with van der Waals surface area (Å²) in [5.74, 6) is -1.31. The second-order valence-corrected chi connectivity index (χ2v) is 9.47. The van der Waals surface area contributed by atoms with Crippen molar-refractivity contribution in [1.29, 1.82) is 0 Å². The molecule has 0 aliphatic carbocycles. The number of ether oxygens (including phenoxy) is 1. The molecule has 0 spiro atoms. The van der Waals surface area contributed by atoms with Crippen molar-refractivity contribution in [3.8, 4) is 0 Å². The molecule has 0 bridgehead atoms. The number of rotatable bonds is 6. The second-order valence-electron chi connectivity index (χ2n) is 7.24. The zero-order valence-corrected chi connectivity index (χ0v) is 18.0. The van der Waals surface area contributed by atoms with E-state index in [1.54, 1.807) is 38.1 Å². The van der Waals surface area contributed by atoms with E-state index in [1.165, 1.54) is 16.5 Å². The summed E-state index contributed by atoms with van der Waals surface area (Å²) in [6.07, 6.45) is -0.751. The average Bonchev–Trinajstić information content (AvgIpc) is 3.08. The maximum Gasteiger partial charge on any atom is 0.360 e. The summed E-state index contributed by atoms with van der Waals surface area (Å²) in [6.45, 7) is 5.52. The lowest BCUT2D eigenvalue weighted by atomic mass is 10.1. The molecule has 1 aliphatic heterocycles. The van der Waals surface area contributed by atoms with Gasteiger partial charge in [-0.1, -0.05) is 18.2 Å². The van der Waals surface area contributed by atoms with Crippen molar-refractivity contribution in [2.75, 3.05) is 18.1 Å². The van der Waals surface area contributed by atoms with Crippen molar-refractivity contribution in [1.82, 2.24) is 14.7 Å². The van der Waals surface area contributed by atoms with Crippen LogP contribution in [0.15, 0.2) is 29.1 Å². The van der Waals surface area contributed by atoms with E-state index in [2.05, 4.69) is 5.10 Å². The molecule has 0 radical (unpaired) electrons. The van der Waals surface area contributed by atoms with Gasteiger partial charge in [-0.25, -0.2) is 17.9 Å². The van der Waals surface area contributed by atoms with Crippen LogP contribution in [-0.2, 0) is 25.9 Å². The highest BCUT2D eigenvalue weighted by molar-refractivity contribution is 7.91. The summed E-state index contributed by atoms with van der Waals surface area (Å²) in [4.78, 5) is 39.6. The van der Waals surface area contributed by atoms with Gasteiger partial charge in [0.2, 0.25) is 0 Å². The minimum absolute atomic E-state index is 0.0433. The Labute approximate surface area is 174 Å².